The first kappa shape index (κ1) is 31.6. The van der Waals surface area contributed by atoms with Gasteiger partial charge in [0, 0.05) is 31.9 Å². The SMILES string of the molecule is CCNc1cc(C(=O)NC(Cc2ccccc2)C(O)CNCc2cccc(OC)c2)c(F)c(N2CCCCS2(O)O)c1. The Morgan fingerprint density at radius 3 is 2.55 bits per heavy atom. The van der Waals surface area contributed by atoms with Crippen LogP contribution in [0.4, 0.5) is 15.8 Å². The molecule has 2 atom stereocenters. The molecule has 9 nitrogen and oxygen atoms in total. The Morgan fingerprint density at radius 2 is 1.83 bits per heavy atom. The molecule has 1 heterocycles. The second-order valence-corrected chi connectivity index (χ2v) is 12.5. The normalized spacial score (nSPS) is 16.8. The van der Waals surface area contributed by atoms with Crippen molar-refractivity contribution in [3.05, 3.63) is 89.2 Å². The van der Waals surface area contributed by atoms with Crippen molar-refractivity contribution in [3.8, 4) is 5.75 Å². The summed E-state index contributed by atoms with van der Waals surface area (Å²) in [4.78, 5) is 13.6. The van der Waals surface area contributed by atoms with E-state index < -0.39 is 34.6 Å². The van der Waals surface area contributed by atoms with Crippen LogP contribution >= 0.6 is 10.8 Å². The van der Waals surface area contributed by atoms with Crippen LogP contribution in [-0.2, 0) is 13.0 Å². The Morgan fingerprint density at radius 1 is 1.07 bits per heavy atom. The number of benzene rings is 3. The number of ether oxygens (including phenoxy) is 1. The number of aliphatic hydroxyl groups is 1. The first-order valence-electron chi connectivity index (χ1n) is 14.2. The number of hydrogen-bond donors (Lipinski definition) is 6. The highest BCUT2D eigenvalue weighted by Gasteiger charge is 2.32. The zero-order valence-corrected chi connectivity index (χ0v) is 24.9. The zero-order valence-electron chi connectivity index (χ0n) is 24.1. The fourth-order valence-corrected chi connectivity index (χ4v) is 6.72. The van der Waals surface area contributed by atoms with E-state index in [0.29, 0.717) is 38.0 Å². The molecule has 228 valence electrons. The van der Waals surface area contributed by atoms with E-state index in [9.17, 15) is 19.0 Å². The lowest BCUT2D eigenvalue weighted by molar-refractivity contribution is 0.0826. The summed E-state index contributed by atoms with van der Waals surface area (Å²) in [6.07, 6.45) is 0.637. The summed E-state index contributed by atoms with van der Waals surface area (Å²) in [7, 11) is -1.61. The molecule has 1 amide bonds. The molecule has 0 bridgehead atoms. The van der Waals surface area contributed by atoms with Crippen molar-refractivity contribution in [1.29, 1.82) is 0 Å². The highest BCUT2D eigenvalue weighted by Crippen LogP contribution is 2.51. The molecule has 4 rings (SSSR count). The smallest absolute Gasteiger partial charge is 0.254 e. The van der Waals surface area contributed by atoms with Crippen LogP contribution in [-0.4, -0.2) is 64.8 Å². The molecule has 42 heavy (non-hydrogen) atoms. The van der Waals surface area contributed by atoms with Crippen LogP contribution in [0.3, 0.4) is 0 Å². The van der Waals surface area contributed by atoms with Crippen molar-refractivity contribution >= 4 is 28.1 Å². The molecule has 11 heteroatoms. The van der Waals surface area contributed by atoms with Crippen molar-refractivity contribution in [2.45, 2.75) is 44.9 Å². The van der Waals surface area contributed by atoms with Gasteiger partial charge < -0.3 is 25.8 Å². The third-order valence-electron chi connectivity index (χ3n) is 7.23. The average molecular weight is 601 g/mol. The number of nitrogens with one attached hydrogen (secondary N) is 3. The minimum Gasteiger partial charge on any atom is -0.497 e. The van der Waals surface area contributed by atoms with Crippen molar-refractivity contribution in [3.63, 3.8) is 0 Å². The topological polar surface area (TPSA) is 126 Å². The predicted molar refractivity (Wildman–Crippen MR) is 167 cm³/mol. The minimum absolute atomic E-state index is 0.0292. The second kappa shape index (κ2) is 14.7. The monoisotopic (exact) mass is 600 g/mol. The van der Waals surface area contributed by atoms with Gasteiger partial charge in [0.05, 0.1) is 36.3 Å². The molecule has 0 aromatic heterocycles. The Balaban J connectivity index is 1.56. The summed E-state index contributed by atoms with van der Waals surface area (Å²) in [5, 5.41) is 20.4. The van der Waals surface area contributed by atoms with Gasteiger partial charge in [0.1, 0.15) is 5.75 Å². The van der Waals surface area contributed by atoms with Gasteiger partial charge in [-0.25, -0.2) is 4.39 Å². The van der Waals surface area contributed by atoms with Crippen LogP contribution in [0.5, 0.6) is 5.75 Å². The molecule has 1 saturated heterocycles. The number of amides is 1. The average Bonchev–Trinajstić information content (AvgIpc) is 2.98. The van der Waals surface area contributed by atoms with Gasteiger partial charge in [-0.05, 0) is 61.6 Å². The molecular weight excluding hydrogens is 559 g/mol. The first-order chi connectivity index (χ1) is 20.2. The Bertz CT molecular complexity index is 1330. The van der Waals surface area contributed by atoms with Crippen molar-refractivity contribution in [2.24, 2.45) is 0 Å². The number of methoxy groups -OCH3 is 1. The summed E-state index contributed by atoms with van der Waals surface area (Å²) >= 11 is 0. The third kappa shape index (κ3) is 8.14. The van der Waals surface area contributed by atoms with Gasteiger partial charge in [0.2, 0.25) is 0 Å². The van der Waals surface area contributed by atoms with E-state index >= 15 is 4.39 Å². The number of halogens is 1. The summed E-state index contributed by atoms with van der Waals surface area (Å²) < 4.78 is 43.9. The van der Waals surface area contributed by atoms with Gasteiger partial charge in [-0.15, -0.1) is 10.8 Å². The molecule has 0 aliphatic carbocycles. The maximum Gasteiger partial charge on any atom is 0.254 e. The lowest BCUT2D eigenvalue weighted by Gasteiger charge is -2.47. The highest BCUT2D eigenvalue weighted by molar-refractivity contribution is 8.25. The Labute approximate surface area is 248 Å². The van der Waals surface area contributed by atoms with E-state index in [-0.39, 0.29) is 30.1 Å². The lowest BCUT2D eigenvalue weighted by atomic mass is 10.00. The molecule has 3 aromatic rings. The predicted octanol–water partition coefficient (Wildman–Crippen LogP) is 5.02. The maximum atomic E-state index is 16.0. The van der Waals surface area contributed by atoms with E-state index in [2.05, 4.69) is 16.0 Å². The third-order valence-corrected chi connectivity index (χ3v) is 9.15. The van der Waals surface area contributed by atoms with Crippen LogP contribution in [0.25, 0.3) is 0 Å². The van der Waals surface area contributed by atoms with E-state index in [1.54, 1.807) is 7.11 Å². The van der Waals surface area contributed by atoms with E-state index in [1.807, 2.05) is 61.5 Å². The molecule has 0 spiro atoms. The van der Waals surface area contributed by atoms with Crippen molar-refractivity contribution in [2.75, 3.05) is 42.1 Å². The number of carbonyl (C=O) groups is 1. The molecule has 2 unspecified atom stereocenters. The number of carbonyl (C=O) groups excluding carboxylic acids is 1. The first-order valence-corrected chi connectivity index (χ1v) is 15.9. The summed E-state index contributed by atoms with van der Waals surface area (Å²) in [6.45, 7) is 3.32. The van der Waals surface area contributed by atoms with Gasteiger partial charge in [-0.3, -0.25) is 18.2 Å². The number of hydrogen-bond acceptors (Lipinski definition) is 8. The van der Waals surface area contributed by atoms with E-state index in [1.165, 1.54) is 16.4 Å². The maximum absolute atomic E-state index is 16.0. The van der Waals surface area contributed by atoms with E-state index in [0.717, 1.165) is 16.9 Å². The molecule has 6 N–H and O–H groups in total. The lowest BCUT2D eigenvalue weighted by Crippen LogP contribution is -2.49. The van der Waals surface area contributed by atoms with Crippen molar-refractivity contribution in [1.82, 2.24) is 10.6 Å². The second-order valence-electron chi connectivity index (χ2n) is 10.4. The zero-order chi connectivity index (χ0) is 30.1. The van der Waals surface area contributed by atoms with Crippen molar-refractivity contribution < 1.29 is 28.1 Å². The number of anilines is 2. The van der Waals surface area contributed by atoms with Gasteiger partial charge in [-0.1, -0.05) is 42.5 Å². The highest BCUT2D eigenvalue weighted by atomic mass is 32.3. The number of nitrogens with zero attached hydrogens (tertiary/aromatic N) is 1. The van der Waals surface area contributed by atoms with E-state index in [4.69, 9.17) is 4.74 Å². The fraction of sp³-hybridized carbons (Fsp3) is 0.387. The molecule has 0 saturated carbocycles. The fourth-order valence-electron chi connectivity index (χ4n) is 5.03. The molecule has 1 aliphatic heterocycles. The van der Waals surface area contributed by atoms with Crippen LogP contribution in [0.1, 0.15) is 41.3 Å². The summed E-state index contributed by atoms with van der Waals surface area (Å²) in [5.41, 5.74) is 2.10. The quantitative estimate of drug-likeness (QED) is 0.162. The van der Waals surface area contributed by atoms with Crippen LogP contribution in [0, 0.1) is 5.82 Å². The molecular formula is C31H41FN4O5S. The van der Waals surface area contributed by atoms with Crippen LogP contribution in [0.2, 0.25) is 0 Å². The molecule has 3 aromatic carbocycles. The Kier molecular flexibility index (Phi) is 11.1. The largest absolute Gasteiger partial charge is 0.497 e. The van der Waals surface area contributed by atoms with Gasteiger partial charge in [-0.2, -0.15) is 0 Å². The van der Waals surface area contributed by atoms with Crippen LogP contribution in [0.15, 0.2) is 66.7 Å². The Hall–Kier alpha value is -3.35. The van der Waals surface area contributed by atoms with Gasteiger partial charge in [0.15, 0.2) is 5.82 Å². The summed E-state index contributed by atoms with van der Waals surface area (Å²) in [5.74, 6) is -0.654. The van der Waals surface area contributed by atoms with Gasteiger partial charge in [0.25, 0.3) is 5.91 Å². The van der Waals surface area contributed by atoms with Gasteiger partial charge >= 0.3 is 0 Å². The molecule has 1 aliphatic rings. The van der Waals surface area contributed by atoms with Crippen LogP contribution < -0.4 is 25.0 Å². The summed E-state index contributed by atoms with van der Waals surface area (Å²) in [6, 6.07) is 19.2. The molecule has 0 radical (unpaired) electrons. The number of rotatable bonds is 13. The number of aliphatic hydroxyl groups excluding tert-OH is 1. The standard InChI is InChI=1S/C31H41FN4O5S/c1-3-34-24-18-26(30(32)28(19-24)36-14-7-8-15-42(36,39)40)31(38)35-27(17-22-10-5-4-6-11-22)29(37)21-33-20-23-12-9-13-25(16-23)41-2/h4-6,9-13,16,18-19,27,29,33-34,37,39-40H,3,7-8,14-15,17,20-21H2,1-2H3,(H,35,38). The molecule has 1 fully saturated rings. The minimum atomic E-state index is -3.21.